The number of alkyl halides is 2. The highest BCUT2D eigenvalue weighted by molar-refractivity contribution is 6.06. The molecule has 5 N–H and O–H groups in total. The third kappa shape index (κ3) is 3.91. The van der Waals surface area contributed by atoms with E-state index in [0.717, 1.165) is 0 Å². The number of fused-ring (bicyclic) bond motifs is 1. The maximum atomic E-state index is 14.3. The Balaban J connectivity index is 1.67. The summed E-state index contributed by atoms with van der Waals surface area (Å²) in [5, 5.41) is 5.90. The van der Waals surface area contributed by atoms with Crippen LogP contribution >= 0.6 is 0 Å². The zero-order chi connectivity index (χ0) is 24.7. The molecule has 0 bridgehead atoms. The van der Waals surface area contributed by atoms with E-state index in [-0.39, 0.29) is 28.7 Å². The minimum absolute atomic E-state index is 0.0175. The summed E-state index contributed by atoms with van der Waals surface area (Å²) in [7, 11) is 1.33. The largest absolute Gasteiger partial charge is 0.492 e. The second kappa shape index (κ2) is 8.56. The van der Waals surface area contributed by atoms with Crippen LogP contribution in [0.1, 0.15) is 21.6 Å². The summed E-state index contributed by atoms with van der Waals surface area (Å²) in [5.74, 6) is 1.11. The highest BCUT2D eigenvalue weighted by Crippen LogP contribution is 2.41. The molecule has 1 fully saturated rings. The minimum atomic E-state index is -3.05. The molecule has 35 heavy (non-hydrogen) atoms. The molecular formula is C24H20F3N5O3. The van der Waals surface area contributed by atoms with Gasteiger partial charge in [0.2, 0.25) is 0 Å². The van der Waals surface area contributed by atoms with Crippen LogP contribution in [0.15, 0.2) is 30.5 Å². The van der Waals surface area contributed by atoms with E-state index >= 15 is 0 Å². The van der Waals surface area contributed by atoms with Crippen LogP contribution in [0.5, 0.6) is 5.75 Å². The summed E-state index contributed by atoms with van der Waals surface area (Å²) in [5.41, 5.74) is 8.68. The van der Waals surface area contributed by atoms with E-state index in [1.54, 1.807) is 12.1 Å². The van der Waals surface area contributed by atoms with Gasteiger partial charge in [0.15, 0.2) is 17.7 Å². The van der Waals surface area contributed by atoms with Gasteiger partial charge in [-0.2, -0.15) is 0 Å². The molecule has 0 saturated carbocycles. The Hall–Kier alpha value is -4.17. The van der Waals surface area contributed by atoms with Gasteiger partial charge in [-0.1, -0.05) is 17.9 Å². The molecule has 3 aromatic rings. The number of nitrogens with one attached hydrogen (secondary N) is 3. The molecule has 4 heterocycles. The van der Waals surface area contributed by atoms with Crippen LogP contribution < -0.4 is 21.1 Å². The molecule has 1 saturated heterocycles. The van der Waals surface area contributed by atoms with E-state index in [9.17, 15) is 18.0 Å². The van der Waals surface area contributed by atoms with E-state index in [1.807, 2.05) is 0 Å². The van der Waals surface area contributed by atoms with Gasteiger partial charge in [0.05, 0.1) is 35.3 Å². The quantitative estimate of drug-likeness (QED) is 0.424. The van der Waals surface area contributed by atoms with Gasteiger partial charge < -0.3 is 30.8 Å². The van der Waals surface area contributed by atoms with Gasteiger partial charge in [0.25, 0.3) is 5.91 Å². The summed E-state index contributed by atoms with van der Waals surface area (Å²) in [6, 6.07) is 5.95. The fourth-order valence-corrected chi connectivity index (χ4v) is 4.05. The van der Waals surface area contributed by atoms with Gasteiger partial charge in [0.1, 0.15) is 12.4 Å². The second-order valence-electron chi connectivity index (χ2n) is 8.02. The van der Waals surface area contributed by atoms with Crippen molar-refractivity contribution < 1.29 is 27.4 Å². The number of halogens is 3. The van der Waals surface area contributed by atoms with Crippen LogP contribution in [0, 0.1) is 17.7 Å². The number of hydrogen-bond acceptors (Lipinski definition) is 6. The van der Waals surface area contributed by atoms with Crippen LogP contribution in [-0.2, 0) is 11.2 Å². The first-order valence-corrected chi connectivity index (χ1v) is 10.7. The molecule has 5 rings (SSSR count). The van der Waals surface area contributed by atoms with Crippen LogP contribution in [0.3, 0.4) is 0 Å². The molecule has 180 valence electrons. The SMILES string of the molecule is COc1c(F)cccc1Nc1c(-c2ccnc(N)c2C#C[C@H]2OCC2(F)F)[nH]c2c1C(=O)NCC2. The summed E-state index contributed by atoms with van der Waals surface area (Å²) in [6.45, 7) is -0.266. The summed E-state index contributed by atoms with van der Waals surface area (Å²) in [6.07, 6.45) is 0.406. The number of carbonyl (C=O) groups is 1. The average molecular weight is 483 g/mol. The normalized spacial score (nSPS) is 17.9. The number of nitrogen functional groups attached to an aromatic ring is 1. The summed E-state index contributed by atoms with van der Waals surface area (Å²) in [4.78, 5) is 20.1. The fourth-order valence-electron chi connectivity index (χ4n) is 4.05. The molecule has 0 radical (unpaired) electrons. The number of amides is 1. The average Bonchev–Trinajstić information content (AvgIpc) is 3.19. The van der Waals surface area contributed by atoms with Gasteiger partial charge in [-0.25, -0.2) is 18.2 Å². The topological polar surface area (TPSA) is 114 Å². The van der Waals surface area contributed by atoms with Crippen LogP contribution in [0.4, 0.5) is 30.4 Å². The Morgan fingerprint density at radius 3 is 2.89 bits per heavy atom. The Bertz CT molecular complexity index is 1390. The molecule has 2 aliphatic heterocycles. The van der Waals surface area contributed by atoms with E-state index < -0.39 is 24.5 Å². The number of methoxy groups -OCH3 is 1. The molecule has 0 unspecified atom stereocenters. The predicted molar refractivity (Wildman–Crippen MR) is 122 cm³/mol. The van der Waals surface area contributed by atoms with Crippen LogP contribution in [0.25, 0.3) is 11.3 Å². The fraction of sp³-hybridized carbons (Fsp3) is 0.250. The number of rotatable bonds is 4. The van der Waals surface area contributed by atoms with Crippen molar-refractivity contribution in [1.82, 2.24) is 15.3 Å². The van der Waals surface area contributed by atoms with Gasteiger partial charge in [-0.3, -0.25) is 4.79 Å². The Labute approximate surface area is 198 Å². The molecule has 2 aliphatic rings. The van der Waals surface area contributed by atoms with Gasteiger partial charge in [-0.05, 0) is 18.2 Å². The lowest BCUT2D eigenvalue weighted by molar-refractivity contribution is -0.239. The van der Waals surface area contributed by atoms with Crippen molar-refractivity contribution in [2.45, 2.75) is 18.4 Å². The molecule has 1 atom stereocenters. The first kappa shape index (κ1) is 22.6. The maximum Gasteiger partial charge on any atom is 0.307 e. The van der Waals surface area contributed by atoms with Crippen molar-refractivity contribution in [2.75, 3.05) is 31.3 Å². The number of pyridine rings is 1. The Kier molecular flexibility index (Phi) is 5.53. The molecule has 11 heteroatoms. The van der Waals surface area contributed by atoms with Crippen molar-refractivity contribution in [1.29, 1.82) is 0 Å². The molecule has 0 aliphatic carbocycles. The molecule has 0 spiro atoms. The first-order valence-electron chi connectivity index (χ1n) is 10.7. The number of aromatic nitrogens is 2. The van der Waals surface area contributed by atoms with Crippen molar-refractivity contribution >= 4 is 23.1 Å². The van der Waals surface area contributed by atoms with E-state index in [4.69, 9.17) is 15.2 Å². The number of benzene rings is 1. The Morgan fingerprint density at radius 1 is 1.34 bits per heavy atom. The van der Waals surface area contributed by atoms with Gasteiger partial charge in [-0.15, -0.1) is 0 Å². The standard InChI is InChI=1S/C24H20F3N5O3/c1-34-21-14(25)3-2-4-16(21)32-20-18-15(8-10-30-23(18)33)31-19(20)12-7-9-29-22(28)13(12)5-6-17-24(26,27)11-35-17/h2-4,7,9,17,31-32H,8,10-11H2,1H3,(H2,28,29)(H,30,33)/t17-/m1/s1. The number of aromatic amines is 1. The number of hydrogen-bond donors (Lipinski definition) is 4. The van der Waals surface area contributed by atoms with E-state index in [0.29, 0.717) is 41.2 Å². The number of anilines is 3. The summed E-state index contributed by atoms with van der Waals surface area (Å²) >= 11 is 0. The predicted octanol–water partition coefficient (Wildman–Crippen LogP) is 3.22. The zero-order valence-corrected chi connectivity index (χ0v) is 18.5. The molecule has 1 amide bonds. The van der Waals surface area contributed by atoms with E-state index in [1.165, 1.54) is 25.4 Å². The second-order valence-corrected chi connectivity index (χ2v) is 8.02. The monoisotopic (exact) mass is 483 g/mol. The van der Waals surface area contributed by atoms with Crippen molar-refractivity contribution in [3.05, 3.63) is 53.1 Å². The highest BCUT2D eigenvalue weighted by Gasteiger charge is 2.49. The maximum absolute atomic E-state index is 14.3. The number of H-pyrrole nitrogens is 1. The van der Waals surface area contributed by atoms with E-state index in [2.05, 4.69) is 32.4 Å². The van der Waals surface area contributed by atoms with Crippen molar-refractivity contribution in [2.24, 2.45) is 0 Å². The first-order chi connectivity index (χ1) is 16.8. The molecule has 2 aromatic heterocycles. The van der Waals surface area contributed by atoms with Crippen LogP contribution in [0.2, 0.25) is 0 Å². The lowest BCUT2D eigenvalue weighted by Crippen LogP contribution is -2.50. The number of ether oxygens (including phenoxy) is 2. The summed E-state index contributed by atoms with van der Waals surface area (Å²) < 4.78 is 51.7. The zero-order valence-electron chi connectivity index (χ0n) is 18.5. The van der Waals surface area contributed by atoms with Gasteiger partial charge >= 0.3 is 5.92 Å². The number of para-hydroxylation sites is 1. The number of nitrogens with zero attached hydrogens (tertiary/aromatic N) is 1. The molecular weight excluding hydrogens is 463 g/mol. The Morgan fingerprint density at radius 2 is 2.17 bits per heavy atom. The van der Waals surface area contributed by atoms with Crippen molar-refractivity contribution in [3.63, 3.8) is 0 Å². The number of nitrogens with two attached hydrogens (primary N) is 1. The van der Waals surface area contributed by atoms with Crippen LogP contribution in [-0.4, -0.2) is 48.2 Å². The third-order valence-corrected chi connectivity index (χ3v) is 5.80. The third-order valence-electron chi connectivity index (χ3n) is 5.80. The highest BCUT2D eigenvalue weighted by atomic mass is 19.3. The number of carbonyl (C=O) groups excluding carboxylic acids is 1. The van der Waals surface area contributed by atoms with Crippen molar-refractivity contribution in [3.8, 4) is 28.8 Å². The minimum Gasteiger partial charge on any atom is -0.492 e. The van der Waals surface area contributed by atoms with Gasteiger partial charge in [0, 0.05) is 30.4 Å². The smallest absolute Gasteiger partial charge is 0.307 e. The molecule has 8 nitrogen and oxygen atoms in total. The lowest BCUT2D eigenvalue weighted by Gasteiger charge is -2.32. The lowest BCUT2D eigenvalue weighted by atomic mass is 10.0. The molecule has 1 aromatic carbocycles.